The molecular weight excluding hydrogens is 306 g/mol. The molecule has 1 aromatic carbocycles. The summed E-state index contributed by atoms with van der Waals surface area (Å²) in [5, 5.41) is 6.10. The molecule has 0 fully saturated rings. The van der Waals surface area contributed by atoms with Gasteiger partial charge in [-0.25, -0.2) is 4.98 Å². The molecule has 2 heterocycles. The van der Waals surface area contributed by atoms with Crippen LogP contribution in [-0.2, 0) is 11.2 Å². The third-order valence-electron chi connectivity index (χ3n) is 3.10. The molecule has 1 aromatic heterocycles. The second-order valence-electron chi connectivity index (χ2n) is 4.39. The van der Waals surface area contributed by atoms with E-state index < -0.39 is 0 Å². The van der Waals surface area contributed by atoms with Gasteiger partial charge in [0.15, 0.2) is 0 Å². The van der Waals surface area contributed by atoms with Crippen LogP contribution in [0.3, 0.4) is 0 Å². The minimum atomic E-state index is -0.232. The Labute approximate surface area is 119 Å². The minimum absolute atomic E-state index is 0.0510. The lowest BCUT2D eigenvalue weighted by atomic mass is 10.1. The Hall–Kier alpha value is -1.88. The van der Waals surface area contributed by atoms with Gasteiger partial charge in [-0.15, -0.1) is 0 Å². The van der Waals surface area contributed by atoms with Crippen LogP contribution in [0.2, 0.25) is 0 Å². The molecule has 0 aliphatic carbocycles. The Kier molecular flexibility index (Phi) is 3.21. The third-order valence-corrected chi connectivity index (χ3v) is 3.74. The van der Waals surface area contributed by atoms with Gasteiger partial charge in [0.05, 0.1) is 5.69 Å². The number of anilines is 2. The monoisotopic (exact) mass is 317 g/mol. The summed E-state index contributed by atoms with van der Waals surface area (Å²) in [4.78, 5) is 16.3. The van der Waals surface area contributed by atoms with Crippen molar-refractivity contribution in [3.8, 4) is 0 Å². The first-order valence-electron chi connectivity index (χ1n) is 6.00. The Morgan fingerprint density at radius 3 is 2.95 bits per heavy atom. The number of rotatable bonds is 2. The van der Waals surface area contributed by atoms with Gasteiger partial charge in [0.25, 0.3) is 0 Å². The van der Waals surface area contributed by atoms with E-state index in [1.807, 2.05) is 30.3 Å². The maximum absolute atomic E-state index is 12.2. The first kappa shape index (κ1) is 12.2. The molecule has 0 radical (unpaired) electrons. The van der Waals surface area contributed by atoms with Gasteiger partial charge in [-0.2, -0.15) is 0 Å². The molecule has 5 heteroatoms. The number of carbonyl (C=O) groups excluding carboxylic acids is 1. The number of hydrogen-bond donors (Lipinski definition) is 2. The topological polar surface area (TPSA) is 54.0 Å². The lowest BCUT2D eigenvalue weighted by molar-refractivity contribution is -0.116. The fraction of sp³-hybridized carbons (Fsp3) is 0.143. The largest absolute Gasteiger partial charge is 0.373 e. The number of para-hydroxylation sites is 1. The summed E-state index contributed by atoms with van der Waals surface area (Å²) < 4.78 is 0.638. The zero-order chi connectivity index (χ0) is 13.2. The van der Waals surface area contributed by atoms with Crippen molar-refractivity contribution >= 4 is 33.2 Å². The summed E-state index contributed by atoms with van der Waals surface area (Å²) in [6.45, 7) is 0. The summed E-state index contributed by atoms with van der Waals surface area (Å²) in [5.74, 6) is -0.0510. The van der Waals surface area contributed by atoms with Gasteiger partial charge in [0.1, 0.15) is 10.6 Å². The molecule has 2 N–H and O–H groups in total. The molecule has 19 heavy (non-hydrogen) atoms. The number of aromatic nitrogens is 1. The Morgan fingerprint density at radius 1 is 1.32 bits per heavy atom. The molecule has 0 saturated heterocycles. The fourth-order valence-corrected chi connectivity index (χ4v) is 2.50. The van der Waals surface area contributed by atoms with Gasteiger partial charge < -0.3 is 10.6 Å². The fourth-order valence-electron chi connectivity index (χ4n) is 2.16. The molecule has 1 unspecified atom stereocenters. The average molecular weight is 318 g/mol. The number of halogens is 1. The number of nitrogens with one attached hydrogen (secondary N) is 2. The highest BCUT2D eigenvalue weighted by Crippen LogP contribution is 2.26. The van der Waals surface area contributed by atoms with Crippen molar-refractivity contribution in [2.45, 2.75) is 12.5 Å². The van der Waals surface area contributed by atoms with Crippen LogP contribution >= 0.6 is 15.9 Å². The van der Waals surface area contributed by atoms with E-state index in [2.05, 4.69) is 31.5 Å². The summed E-state index contributed by atoms with van der Waals surface area (Å²) in [6, 6.07) is 11.3. The number of nitrogens with zero attached hydrogens (tertiary/aromatic N) is 1. The van der Waals surface area contributed by atoms with Crippen LogP contribution in [0.5, 0.6) is 0 Å². The number of amides is 1. The molecule has 1 aliphatic heterocycles. The molecule has 2 aromatic rings. The van der Waals surface area contributed by atoms with Gasteiger partial charge in [0.2, 0.25) is 5.91 Å². The highest BCUT2D eigenvalue weighted by atomic mass is 79.9. The van der Waals surface area contributed by atoms with E-state index in [9.17, 15) is 4.79 Å². The maximum Gasteiger partial charge on any atom is 0.247 e. The highest BCUT2D eigenvalue weighted by molar-refractivity contribution is 9.10. The number of pyridine rings is 1. The molecular formula is C14H12BrN3O. The van der Waals surface area contributed by atoms with E-state index in [0.717, 1.165) is 5.69 Å². The van der Waals surface area contributed by atoms with Crippen LogP contribution in [0.4, 0.5) is 11.4 Å². The van der Waals surface area contributed by atoms with Crippen LogP contribution in [-0.4, -0.2) is 16.9 Å². The van der Waals surface area contributed by atoms with Gasteiger partial charge in [-0.05, 0) is 39.7 Å². The standard InChI is InChI=1S/C14H12BrN3O/c15-13-11(6-3-7-16-13)18-14(19)12-8-9-4-1-2-5-10(9)17-12/h1-7,12,17H,8H2,(H,18,19). The second-order valence-corrected chi connectivity index (χ2v) is 5.14. The predicted molar refractivity (Wildman–Crippen MR) is 78.1 cm³/mol. The molecule has 3 rings (SSSR count). The van der Waals surface area contributed by atoms with E-state index in [1.165, 1.54) is 5.56 Å². The lowest BCUT2D eigenvalue weighted by Crippen LogP contribution is -2.32. The predicted octanol–water partition coefficient (Wildman–Crippen LogP) is 2.82. The van der Waals surface area contributed by atoms with E-state index in [0.29, 0.717) is 16.7 Å². The molecule has 1 aliphatic rings. The van der Waals surface area contributed by atoms with Crippen molar-refractivity contribution in [3.63, 3.8) is 0 Å². The van der Waals surface area contributed by atoms with Crippen molar-refractivity contribution in [3.05, 3.63) is 52.8 Å². The van der Waals surface area contributed by atoms with Crippen LogP contribution < -0.4 is 10.6 Å². The summed E-state index contributed by atoms with van der Waals surface area (Å²) in [5.41, 5.74) is 2.89. The Morgan fingerprint density at radius 2 is 2.16 bits per heavy atom. The normalized spacial score (nSPS) is 16.6. The van der Waals surface area contributed by atoms with Crippen molar-refractivity contribution in [2.75, 3.05) is 10.6 Å². The molecule has 0 bridgehead atoms. The highest BCUT2D eigenvalue weighted by Gasteiger charge is 2.26. The van der Waals surface area contributed by atoms with Crippen molar-refractivity contribution in [1.82, 2.24) is 4.98 Å². The lowest BCUT2D eigenvalue weighted by Gasteiger charge is -2.12. The zero-order valence-corrected chi connectivity index (χ0v) is 11.6. The number of carbonyl (C=O) groups is 1. The van der Waals surface area contributed by atoms with Crippen LogP contribution in [0.1, 0.15) is 5.56 Å². The quantitative estimate of drug-likeness (QED) is 0.837. The van der Waals surface area contributed by atoms with Crippen molar-refractivity contribution < 1.29 is 4.79 Å². The van der Waals surface area contributed by atoms with E-state index in [4.69, 9.17) is 0 Å². The van der Waals surface area contributed by atoms with Gasteiger partial charge in [-0.3, -0.25) is 4.79 Å². The second kappa shape index (κ2) is 5.01. The Balaban J connectivity index is 1.72. The molecule has 0 spiro atoms. The van der Waals surface area contributed by atoms with Crippen LogP contribution in [0.15, 0.2) is 47.2 Å². The van der Waals surface area contributed by atoms with Gasteiger partial charge in [-0.1, -0.05) is 18.2 Å². The number of fused-ring (bicyclic) bond motifs is 1. The minimum Gasteiger partial charge on any atom is -0.373 e. The zero-order valence-electron chi connectivity index (χ0n) is 10.1. The summed E-state index contributed by atoms with van der Waals surface area (Å²) in [6.07, 6.45) is 2.38. The van der Waals surface area contributed by atoms with Crippen LogP contribution in [0.25, 0.3) is 0 Å². The van der Waals surface area contributed by atoms with Crippen molar-refractivity contribution in [2.24, 2.45) is 0 Å². The molecule has 0 saturated carbocycles. The van der Waals surface area contributed by atoms with E-state index in [-0.39, 0.29) is 11.9 Å². The summed E-state index contributed by atoms with van der Waals surface area (Å²) >= 11 is 3.32. The maximum atomic E-state index is 12.2. The third kappa shape index (κ3) is 2.46. The Bertz CT molecular complexity index is 605. The first-order valence-corrected chi connectivity index (χ1v) is 6.79. The van der Waals surface area contributed by atoms with Gasteiger partial charge in [0, 0.05) is 18.3 Å². The molecule has 1 amide bonds. The first-order chi connectivity index (χ1) is 9.24. The molecule has 4 nitrogen and oxygen atoms in total. The van der Waals surface area contributed by atoms with Gasteiger partial charge >= 0.3 is 0 Å². The number of benzene rings is 1. The smallest absolute Gasteiger partial charge is 0.247 e. The summed E-state index contributed by atoms with van der Waals surface area (Å²) in [7, 11) is 0. The van der Waals surface area contributed by atoms with E-state index >= 15 is 0 Å². The number of hydrogen-bond acceptors (Lipinski definition) is 3. The SMILES string of the molecule is O=C(Nc1cccnc1Br)C1Cc2ccccc2N1. The van der Waals surface area contributed by atoms with Crippen molar-refractivity contribution in [1.29, 1.82) is 0 Å². The average Bonchev–Trinajstić information content (AvgIpc) is 2.85. The molecule has 1 atom stereocenters. The van der Waals surface area contributed by atoms with Crippen LogP contribution in [0, 0.1) is 0 Å². The molecule has 96 valence electrons. The van der Waals surface area contributed by atoms with E-state index in [1.54, 1.807) is 12.3 Å².